The van der Waals surface area contributed by atoms with Crippen LogP contribution in [0, 0.1) is 6.92 Å². The third kappa shape index (κ3) is 2.42. The molecule has 1 saturated heterocycles. The zero-order valence-corrected chi connectivity index (χ0v) is 10.9. The van der Waals surface area contributed by atoms with Crippen molar-refractivity contribution in [3.63, 3.8) is 0 Å². The van der Waals surface area contributed by atoms with Crippen LogP contribution in [0.1, 0.15) is 35.7 Å². The molecule has 0 amide bonds. The maximum Gasteiger partial charge on any atom is 0.344 e. The van der Waals surface area contributed by atoms with Crippen LogP contribution in [-0.2, 0) is 4.74 Å². The van der Waals surface area contributed by atoms with E-state index in [9.17, 15) is 9.90 Å². The van der Waals surface area contributed by atoms with Crippen LogP contribution in [-0.4, -0.2) is 30.8 Å². The number of phenols is 1. The average molecular weight is 249 g/mol. The lowest BCUT2D eigenvalue weighted by Gasteiger charge is -2.22. The van der Waals surface area contributed by atoms with Gasteiger partial charge < -0.3 is 14.7 Å². The molecule has 1 aromatic rings. The molecule has 1 aliphatic heterocycles. The van der Waals surface area contributed by atoms with E-state index in [1.54, 1.807) is 13.0 Å². The summed E-state index contributed by atoms with van der Waals surface area (Å²) in [7, 11) is 0. The average Bonchev–Trinajstić information content (AvgIpc) is 2.81. The van der Waals surface area contributed by atoms with E-state index in [0.29, 0.717) is 12.2 Å². The van der Waals surface area contributed by atoms with E-state index in [1.165, 1.54) is 0 Å². The van der Waals surface area contributed by atoms with Crippen LogP contribution in [0.15, 0.2) is 12.1 Å². The number of nitrogens with zero attached hydrogens (tertiary/aromatic N) is 1. The minimum Gasteiger partial charge on any atom is -0.507 e. The number of ether oxygens (including phenoxy) is 1. The Morgan fingerprint density at radius 1 is 1.39 bits per heavy atom. The quantitative estimate of drug-likeness (QED) is 0.836. The molecule has 0 atom stereocenters. The first kappa shape index (κ1) is 12.7. The van der Waals surface area contributed by atoms with E-state index in [-0.39, 0.29) is 5.75 Å². The zero-order valence-electron chi connectivity index (χ0n) is 10.9. The molecule has 0 aliphatic carbocycles. The van der Waals surface area contributed by atoms with Crippen LogP contribution in [0.2, 0.25) is 0 Å². The Kier molecular flexibility index (Phi) is 3.75. The molecule has 0 radical (unpaired) electrons. The Hall–Kier alpha value is -1.71. The number of benzene rings is 1. The molecule has 2 rings (SSSR count). The third-order valence-electron chi connectivity index (χ3n) is 3.17. The van der Waals surface area contributed by atoms with Crippen molar-refractivity contribution in [2.24, 2.45) is 0 Å². The number of phenolic OH excluding ortho intramolecular Hbond substituents is 1. The van der Waals surface area contributed by atoms with Gasteiger partial charge in [-0.15, -0.1) is 0 Å². The van der Waals surface area contributed by atoms with Crippen LogP contribution in [0.25, 0.3) is 0 Å². The SMILES string of the molecule is CCOC(=O)c1c(O)cc(C)cc1N1CCCC1. The van der Waals surface area contributed by atoms with Gasteiger partial charge in [0.15, 0.2) is 0 Å². The molecule has 0 unspecified atom stereocenters. The van der Waals surface area contributed by atoms with E-state index in [0.717, 1.165) is 37.2 Å². The molecule has 0 saturated carbocycles. The molecule has 98 valence electrons. The van der Waals surface area contributed by atoms with Gasteiger partial charge in [-0.2, -0.15) is 0 Å². The predicted molar refractivity (Wildman–Crippen MR) is 70.2 cm³/mol. The molecule has 1 N–H and O–H groups in total. The first-order valence-corrected chi connectivity index (χ1v) is 6.39. The van der Waals surface area contributed by atoms with Gasteiger partial charge in [0, 0.05) is 13.1 Å². The fraction of sp³-hybridized carbons (Fsp3) is 0.500. The smallest absolute Gasteiger partial charge is 0.344 e. The zero-order chi connectivity index (χ0) is 13.1. The van der Waals surface area contributed by atoms with Gasteiger partial charge in [-0.1, -0.05) is 0 Å². The third-order valence-corrected chi connectivity index (χ3v) is 3.17. The number of rotatable bonds is 3. The van der Waals surface area contributed by atoms with Gasteiger partial charge in [0.2, 0.25) is 0 Å². The maximum absolute atomic E-state index is 11.9. The normalized spacial score (nSPS) is 14.9. The van der Waals surface area contributed by atoms with Crippen molar-refractivity contribution < 1.29 is 14.6 Å². The highest BCUT2D eigenvalue weighted by molar-refractivity contribution is 5.99. The van der Waals surface area contributed by atoms with Crippen molar-refractivity contribution >= 4 is 11.7 Å². The number of carbonyl (C=O) groups is 1. The number of aryl methyl sites for hydroxylation is 1. The Balaban J connectivity index is 2.44. The van der Waals surface area contributed by atoms with Crippen molar-refractivity contribution in [1.82, 2.24) is 0 Å². The fourth-order valence-corrected chi connectivity index (χ4v) is 2.37. The van der Waals surface area contributed by atoms with Crippen molar-refractivity contribution in [3.05, 3.63) is 23.3 Å². The van der Waals surface area contributed by atoms with Gasteiger partial charge >= 0.3 is 5.97 Å². The van der Waals surface area contributed by atoms with Gasteiger partial charge in [0.05, 0.1) is 12.3 Å². The van der Waals surface area contributed by atoms with Crippen LogP contribution >= 0.6 is 0 Å². The van der Waals surface area contributed by atoms with E-state index in [4.69, 9.17) is 4.74 Å². The van der Waals surface area contributed by atoms with Crippen LogP contribution in [0.3, 0.4) is 0 Å². The summed E-state index contributed by atoms with van der Waals surface area (Å²) in [5, 5.41) is 10.0. The maximum atomic E-state index is 11.9. The number of carbonyl (C=O) groups excluding carboxylic acids is 1. The molecule has 18 heavy (non-hydrogen) atoms. The van der Waals surface area contributed by atoms with Gasteiger partial charge in [-0.25, -0.2) is 4.79 Å². The van der Waals surface area contributed by atoms with E-state index in [1.807, 2.05) is 13.0 Å². The van der Waals surface area contributed by atoms with Crippen LogP contribution < -0.4 is 4.90 Å². The second-order valence-electron chi connectivity index (χ2n) is 4.59. The minimum absolute atomic E-state index is 0.00958. The summed E-state index contributed by atoms with van der Waals surface area (Å²) in [4.78, 5) is 14.1. The largest absolute Gasteiger partial charge is 0.507 e. The minimum atomic E-state index is -0.447. The first-order valence-electron chi connectivity index (χ1n) is 6.39. The van der Waals surface area contributed by atoms with Crippen molar-refractivity contribution in [3.8, 4) is 5.75 Å². The van der Waals surface area contributed by atoms with Gasteiger partial charge in [-0.05, 0) is 44.4 Å². The summed E-state index contributed by atoms with van der Waals surface area (Å²) in [6.45, 7) is 5.84. The van der Waals surface area contributed by atoms with Crippen molar-refractivity contribution in [1.29, 1.82) is 0 Å². The lowest BCUT2D eigenvalue weighted by atomic mass is 10.1. The second-order valence-corrected chi connectivity index (χ2v) is 4.59. The number of aromatic hydroxyl groups is 1. The number of esters is 1. The Bertz CT molecular complexity index is 451. The first-order chi connectivity index (χ1) is 8.63. The summed E-state index contributed by atoms with van der Waals surface area (Å²) < 4.78 is 5.02. The monoisotopic (exact) mass is 249 g/mol. The number of hydrogen-bond donors (Lipinski definition) is 1. The van der Waals surface area contributed by atoms with E-state index >= 15 is 0 Å². The Morgan fingerprint density at radius 2 is 2.06 bits per heavy atom. The summed E-state index contributed by atoms with van der Waals surface area (Å²) in [5.74, 6) is -0.438. The highest BCUT2D eigenvalue weighted by atomic mass is 16.5. The lowest BCUT2D eigenvalue weighted by molar-refractivity contribution is 0.0524. The number of hydrogen-bond acceptors (Lipinski definition) is 4. The summed E-state index contributed by atoms with van der Waals surface area (Å²) in [5.41, 5.74) is 2.04. The van der Waals surface area contributed by atoms with Crippen molar-refractivity contribution in [2.75, 3.05) is 24.6 Å². The van der Waals surface area contributed by atoms with Crippen LogP contribution in [0.4, 0.5) is 5.69 Å². The van der Waals surface area contributed by atoms with Gasteiger partial charge in [0.1, 0.15) is 11.3 Å². The van der Waals surface area contributed by atoms with E-state index < -0.39 is 5.97 Å². The Labute approximate surface area is 107 Å². The standard InChI is InChI=1S/C14H19NO3/c1-3-18-14(17)13-11(15-6-4-5-7-15)8-10(2)9-12(13)16/h8-9,16H,3-7H2,1-2H3. The van der Waals surface area contributed by atoms with Gasteiger partial charge in [-0.3, -0.25) is 0 Å². The highest BCUT2D eigenvalue weighted by Crippen LogP contribution is 2.33. The predicted octanol–water partition coefficient (Wildman–Crippen LogP) is 2.48. The molecular formula is C14H19NO3. The molecule has 4 heteroatoms. The molecule has 1 fully saturated rings. The molecule has 1 aliphatic rings. The molecule has 0 bridgehead atoms. The molecule has 1 aromatic carbocycles. The molecular weight excluding hydrogens is 230 g/mol. The lowest BCUT2D eigenvalue weighted by Crippen LogP contribution is -2.21. The number of anilines is 1. The van der Waals surface area contributed by atoms with Crippen molar-refractivity contribution in [2.45, 2.75) is 26.7 Å². The van der Waals surface area contributed by atoms with Gasteiger partial charge in [0.25, 0.3) is 0 Å². The molecule has 1 heterocycles. The highest BCUT2D eigenvalue weighted by Gasteiger charge is 2.24. The second kappa shape index (κ2) is 5.29. The van der Waals surface area contributed by atoms with E-state index in [2.05, 4.69) is 4.90 Å². The molecule has 0 aromatic heterocycles. The van der Waals surface area contributed by atoms with Crippen LogP contribution in [0.5, 0.6) is 5.75 Å². The summed E-state index contributed by atoms with van der Waals surface area (Å²) >= 11 is 0. The Morgan fingerprint density at radius 3 is 2.67 bits per heavy atom. The molecule has 4 nitrogen and oxygen atoms in total. The fourth-order valence-electron chi connectivity index (χ4n) is 2.37. The molecule has 0 spiro atoms. The topological polar surface area (TPSA) is 49.8 Å². The summed E-state index contributed by atoms with van der Waals surface area (Å²) in [6, 6.07) is 3.54. The summed E-state index contributed by atoms with van der Waals surface area (Å²) in [6.07, 6.45) is 2.24.